The van der Waals surface area contributed by atoms with E-state index in [-0.39, 0.29) is 10.6 Å². The number of benzene rings is 3. The molecule has 3 aromatic carbocycles. The highest BCUT2D eigenvalue weighted by atomic mass is 32.2. The number of sulfonamides is 1. The lowest BCUT2D eigenvalue weighted by atomic mass is 10.2. The first-order chi connectivity index (χ1) is 15.2. The molecule has 9 heteroatoms. The van der Waals surface area contributed by atoms with Crippen molar-refractivity contribution in [1.82, 2.24) is 0 Å². The third-order valence-electron chi connectivity index (χ3n) is 4.67. The Morgan fingerprint density at radius 1 is 1.00 bits per heavy atom. The summed E-state index contributed by atoms with van der Waals surface area (Å²) in [5, 5.41) is 2.64. The lowest BCUT2D eigenvalue weighted by molar-refractivity contribution is -0.114. The fourth-order valence-corrected chi connectivity index (χ4v) is 4.73. The van der Waals surface area contributed by atoms with E-state index in [1.807, 2.05) is 0 Å². The minimum atomic E-state index is -4.14. The Hall–Kier alpha value is -3.85. The highest BCUT2D eigenvalue weighted by Crippen LogP contribution is 2.30. The van der Waals surface area contributed by atoms with Gasteiger partial charge in [-0.3, -0.25) is 13.9 Å². The van der Waals surface area contributed by atoms with Gasteiger partial charge in [0.2, 0.25) is 11.8 Å². The van der Waals surface area contributed by atoms with Crippen molar-refractivity contribution in [1.29, 1.82) is 0 Å². The van der Waals surface area contributed by atoms with E-state index in [0.29, 0.717) is 16.9 Å². The molecule has 0 unspecified atom stereocenters. The van der Waals surface area contributed by atoms with Gasteiger partial charge >= 0.3 is 0 Å². The molecule has 32 heavy (non-hydrogen) atoms. The molecule has 0 aromatic heterocycles. The largest absolute Gasteiger partial charge is 0.495 e. The predicted molar refractivity (Wildman–Crippen MR) is 122 cm³/mol. The highest BCUT2D eigenvalue weighted by molar-refractivity contribution is 7.93. The zero-order valence-electron chi connectivity index (χ0n) is 17.6. The van der Waals surface area contributed by atoms with Crippen LogP contribution in [0.5, 0.6) is 5.75 Å². The fraction of sp³-hybridized carbons (Fsp3) is 0.130. The normalized spacial score (nSPS) is 10.9. The number of hydrogen-bond donors (Lipinski definition) is 2. The van der Waals surface area contributed by atoms with Gasteiger partial charge in [0, 0.05) is 11.3 Å². The van der Waals surface area contributed by atoms with Gasteiger partial charge < -0.3 is 15.8 Å². The van der Waals surface area contributed by atoms with Gasteiger partial charge in [0.25, 0.3) is 10.0 Å². The Balaban J connectivity index is 1.94. The topological polar surface area (TPSA) is 119 Å². The number of para-hydroxylation sites is 1. The average molecular weight is 454 g/mol. The van der Waals surface area contributed by atoms with Crippen LogP contribution in [0.25, 0.3) is 0 Å². The monoisotopic (exact) mass is 453 g/mol. The standard InChI is InChI=1S/C23H23N3O5S/c1-16-8-13-20(31-2)21(14-16)32(29,30)26(19-6-4-3-5-7-19)15-22(27)25-18-11-9-17(10-12-18)23(24)28/h3-14H,15H2,1-2H3,(H2,24,28)(H,25,27). The number of amides is 2. The Kier molecular flexibility index (Phi) is 6.79. The van der Waals surface area contributed by atoms with Gasteiger partial charge in [-0.05, 0) is 61.0 Å². The van der Waals surface area contributed by atoms with Crippen molar-refractivity contribution in [3.63, 3.8) is 0 Å². The summed E-state index contributed by atoms with van der Waals surface area (Å²) < 4.78 is 33.5. The minimum absolute atomic E-state index is 0.0394. The SMILES string of the molecule is COc1ccc(C)cc1S(=O)(=O)N(CC(=O)Nc1ccc(C(N)=O)cc1)c1ccccc1. The number of primary amides is 1. The summed E-state index contributed by atoms with van der Waals surface area (Å²) in [7, 11) is -2.75. The Morgan fingerprint density at radius 3 is 2.25 bits per heavy atom. The first-order valence-electron chi connectivity index (χ1n) is 9.64. The molecule has 0 spiro atoms. The number of rotatable bonds is 8. The molecular formula is C23H23N3O5S. The van der Waals surface area contributed by atoms with Gasteiger partial charge in [-0.2, -0.15) is 0 Å². The van der Waals surface area contributed by atoms with Crippen molar-refractivity contribution >= 4 is 33.2 Å². The Morgan fingerprint density at radius 2 is 1.66 bits per heavy atom. The summed E-state index contributed by atoms with van der Waals surface area (Å²) >= 11 is 0. The van der Waals surface area contributed by atoms with Gasteiger partial charge in [0.15, 0.2) is 0 Å². The van der Waals surface area contributed by atoms with Crippen LogP contribution >= 0.6 is 0 Å². The van der Waals surface area contributed by atoms with E-state index < -0.39 is 28.4 Å². The van der Waals surface area contributed by atoms with Crippen LogP contribution in [-0.4, -0.2) is 33.9 Å². The van der Waals surface area contributed by atoms with Crippen LogP contribution in [0.1, 0.15) is 15.9 Å². The van der Waals surface area contributed by atoms with Crippen LogP contribution in [0, 0.1) is 6.92 Å². The molecule has 0 aliphatic heterocycles. The molecule has 0 aliphatic rings. The maximum Gasteiger partial charge on any atom is 0.268 e. The summed E-state index contributed by atoms with van der Waals surface area (Å²) in [6.45, 7) is 1.30. The van der Waals surface area contributed by atoms with E-state index in [1.165, 1.54) is 37.4 Å². The van der Waals surface area contributed by atoms with E-state index in [2.05, 4.69) is 5.32 Å². The number of anilines is 2. The number of nitrogens with two attached hydrogens (primary N) is 1. The third kappa shape index (κ3) is 5.06. The summed E-state index contributed by atoms with van der Waals surface area (Å²) in [5.74, 6) is -0.967. The number of hydrogen-bond acceptors (Lipinski definition) is 5. The van der Waals surface area contributed by atoms with Crippen molar-refractivity contribution < 1.29 is 22.7 Å². The summed E-state index contributed by atoms with van der Waals surface area (Å²) in [4.78, 5) is 23.9. The van der Waals surface area contributed by atoms with Gasteiger partial charge in [-0.15, -0.1) is 0 Å². The third-order valence-corrected chi connectivity index (χ3v) is 6.47. The van der Waals surface area contributed by atoms with Crippen molar-refractivity contribution in [3.8, 4) is 5.75 Å². The number of nitrogens with zero attached hydrogens (tertiary/aromatic N) is 1. The van der Waals surface area contributed by atoms with Gasteiger partial charge in [-0.1, -0.05) is 24.3 Å². The van der Waals surface area contributed by atoms with Crippen LogP contribution < -0.4 is 20.1 Å². The van der Waals surface area contributed by atoms with Crippen LogP contribution in [0.4, 0.5) is 11.4 Å². The van der Waals surface area contributed by atoms with E-state index in [1.54, 1.807) is 49.4 Å². The minimum Gasteiger partial charge on any atom is -0.495 e. The number of methoxy groups -OCH3 is 1. The maximum absolute atomic E-state index is 13.6. The number of ether oxygens (including phenoxy) is 1. The van der Waals surface area contributed by atoms with Gasteiger partial charge in [-0.25, -0.2) is 8.42 Å². The molecule has 0 saturated heterocycles. The van der Waals surface area contributed by atoms with Gasteiger partial charge in [0.1, 0.15) is 17.2 Å². The maximum atomic E-state index is 13.6. The lowest BCUT2D eigenvalue weighted by Crippen LogP contribution is -2.38. The van der Waals surface area contributed by atoms with E-state index >= 15 is 0 Å². The Bertz CT molecular complexity index is 1230. The zero-order valence-corrected chi connectivity index (χ0v) is 18.4. The van der Waals surface area contributed by atoms with Crippen molar-refractivity contribution in [2.45, 2.75) is 11.8 Å². The summed E-state index contributed by atoms with van der Waals surface area (Å²) in [6, 6.07) is 19.1. The molecular weight excluding hydrogens is 430 g/mol. The van der Waals surface area contributed by atoms with Crippen LogP contribution in [-0.2, 0) is 14.8 Å². The first kappa shape index (κ1) is 22.8. The average Bonchev–Trinajstić information content (AvgIpc) is 2.78. The lowest BCUT2D eigenvalue weighted by Gasteiger charge is -2.25. The zero-order chi connectivity index (χ0) is 23.3. The molecule has 3 rings (SSSR count). The highest BCUT2D eigenvalue weighted by Gasteiger charge is 2.30. The molecule has 0 bridgehead atoms. The molecule has 0 atom stereocenters. The van der Waals surface area contributed by atoms with Crippen LogP contribution in [0.15, 0.2) is 77.7 Å². The molecule has 0 fully saturated rings. The molecule has 3 aromatic rings. The molecule has 166 valence electrons. The van der Waals surface area contributed by atoms with E-state index in [0.717, 1.165) is 9.87 Å². The summed E-state index contributed by atoms with van der Waals surface area (Å²) in [5.41, 5.74) is 6.98. The number of aryl methyl sites for hydroxylation is 1. The molecule has 2 amide bonds. The van der Waals surface area contributed by atoms with E-state index in [9.17, 15) is 18.0 Å². The molecule has 0 radical (unpaired) electrons. The van der Waals surface area contributed by atoms with Crippen LogP contribution in [0.3, 0.4) is 0 Å². The van der Waals surface area contributed by atoms with Crippen molar-refractivity contribution in [3.05, 3.63) is 83.9 Å². The van der Waals surface area contributed by atoms with Gasteiger partial charge in [0.05, 0.1) is 12.8 Å². The smallest absolute Gasteiger partial charge is 0.268 e. The first-order valence-corrected chi connectivity index (χ1v) is 11.1. The van der Waals surface area contributed by atoms with E-state index in [4.69, 9.17) is 10.5 Å². The molecule has 0 heterocycles. The fourth-order valence-electron chi connectivity index (χ4n) is 3.06. The molecule has 0 aliphatic carbocycles. The van der Waals surface area contributed by atoms with Crippen LogP contribution in [0.2, 0.25) is 0 Å². The van der Waals surface area contributed by atoms with Crippen molar-refractivity contribution in [2.75, 3.05) is 23.3 Å². The summed E-state index contributed by atoms with van der Waals surface area (Å²) in [6.07, 6.45) is 0. The molecule has 0 saturated carbocycles. The predicted octanol–water partition coefficient (Wildman–Crippen LogP) is 2.94. The number of nitrogens with one attached hydrogen (secondary N) is 1. The quantitative estimate of drug-likeness (QED) is 0.544. The second kappa shape index (κ2) is 9.52. The number of carbonyl (C=O) groups is 2. The molecule has 8 nitrogen and oxygen atoms in total. The second-order valence-corrected chi connectivity index (χ2v) is 8.82. The second-order valence-electron chi connectivity index (χ2n) is 6.99. The molecule has 3 N–H and O–H groups in total. The number of carbonyl (C=O) groups excluding carboxylic acids is 2. The van der Waals surface area contributed by atoms with Crippen molar-refractivity contribution in [2.24, 2.45) is 5.73 Å². The Labute approximate surface area is 186 Å².